The van der Waals surface area contributed by atoms with E-state index in [1.165, 1.54) is 12.8 Å². The van der Waals surface area contributed by atoms with Gasteiger partial charge >= 0.3 is 0 Å². The fourth-order valence-corrected chi connectivity index (χ4v) is 5.28. The van der Waals surface area contributed by atoms with Crippen LogP contribution in [0.5, 0.6) is 0 Å². The Bertz CT molecular complexity index is 779. The molecule has 2 N–H and O–H groups in total. The predicted molar refractivity (Wildman–Crippen MR) is 141 cm³/mol. The van der Waals surface area contributed by atoms with E-state index in [0.717, 1.165) is 94.7 Å². The molecule has 4 rings (SSSR count). The summed E-state index contributed by atoms with van der Waals surface area (Å²) in [6, 6.07) is 0.293. The first-order valence-electron chi connectivity index (χ1n) is 12.4. The Hall–Kier alpha value is -1.36. The quantitative estimate of drug-likeness (QED) is 0.310. The maximum absolute atomic E-state index is 12.7. The van der Waals surface area contributed by atoms with Gasteiger partial charge in [-0.25, -0.2) is 4.98 Å². The molecule has 3 fully saturated rings. The summed E-state index contributed by atoms with van der Waals surface area (Å²) in [5.41, 5.74) is 0.992. The number of piperidine rings is 1. The highest BCUT2D eigenvalue weighted by molar-refractivity contribution is 14.0. The Labute approximate surface area is 215 Å². The molecule has 3 heterocycles. The standard InChI is InChI=1S/C24H40N6O2.HI/c1-17-18(2)32-22(27-17)16-29-11-8-19(9-12-29)14-26-24(25-3)28-21-10-13-30(15-21)23(31)20-6-4-5-7-20;/h19-21H,4-16H2,1-3H3,(H2,25,26,28);1H. The number of carbonyl (C=O) groups excluding carboxylic acids is 1. The lowest BCUT2D eigenvalue weighted by Gasteiger charge is -2.31. The zero-order valence-electron chi connectivity index (χ0n) is 20.4. The number of hydrogen-bond donors (Lipinski definition) is 2. The first-order valence-corrected chi connectivity index (χ1v) is 12.4. The van der Waals surface area contributed by atoms with E-state index in [2.05, 4.69) is 30.4 Å². The summed E-state index contributed by atoms with van der Waals surface area (Å²) in [5, 5.41) is 7.07. The summed E-state index contributed by atoms with van der Waals surface area (Å²) in [5.74, 6) is 3.90. The van der Waals surface area contributed by atoms with Crippen molar-refractivity contribution in [1.82, 2.24) is 25.4 Å². The predicted octanol–water partition coefficient (Wildman–Crippen LogP) is 3.08. The van der Waals surface area contributed by atoms with Gasteiger partial charge in [0.15, 0.2) is 5.96 Å². The molecule has 1 atom stereocenters. The zero-order valence-corrected chi connectivity index (χ0v) is 22.8. The van der Waals surface area contributed by atoms with Crippen LogP contribution in [0.2, 0.25) is 0 Å². The third-order valence-electron chi connectivity index (χ3n) is 7.47. The van der Waals surface area contributed by atoms with E-state index in [0.29, 0.717) is 17.9 Å². The van der Waals surface area contributed by atoms with Crippen molar-refractivity contribution in [2.45, 2.75) is 71.4 Å². The number of guanidine groups is 1. The van der Waals surface area contributed by atoms with Gasteiger partial charge in [0.2, 0.25) is 11.8 Å². The number of oxazole rings is 1. The van der Waals surface area contributed by atoms with E-state index >= 15 is 0 Å². The fraction of sp³-hybridized carbons (Fsp3) is 0.792. The minimum absolute atomic E-state index is 0. The molecule has 186 valence electrons. The van der Waals surface area contributed by atoms with E-state index in [4.69, 9.17) is 4.42 Å². The van der Waals surface area contributed by atoms with Gasteiger partial charge in [0.1, 0.15) is 5.76 Å². The maximum Gasteiger partial charge on any atom is 0.225 e. The maximum atomic E-state index is 12.7. The van der Waals surface area contributed by atoms with E-state index in [9.17, 15) is 4.79 Å². The molecule has 1 saturated carbocycles. The number of carbonyl (C=O) groups is 1. The fourth-order valence-electron chi connectivity index (χ4n) is 5.28. The smallest absolute Gasteiger partial charge is 0.225 e. The van der Waals surface area contributed by atoms with Gasteiger partial charge in [-0.15, -0.1) is 24.0 Å². The highest BCUT2D eigenvalue weighted by Gasteiger charge is 2.32. The van der Waals surface area contributed by atoms with E-state index in [-0.39, 0.29) is 29.9 Å². The molecule has 1 aliphatic carbocycles. The van der Waals surface area contributed by atoms with Crippen molar-refractivity contribution < 1.29 is 9.21 Å². The van der Waals surface area contributed by atoms with E-state index in [1.54, 1.807) is 0 Å². The van der Waals surface area contributed by atoms with Crippen molar-refractivity contribution in [3.05, 3.63) is 17.3 Å². The number of hydrogen-bond acceptors (Lipinski definition) is 5. The van der Waals surface area contributed by atoms with Crippen LogP contribution in [0.1, 0.15) is 62.3 Å². The van der Waals surface area contributed by atoms with Gasteiger partial charge < -0.3 is 20.0 Å². The molecular weight excluding hydrogens is 531 g/mol. The third kappa shape index (κ3) is 7.07. The second kappa shape index (κ2) is 12.4. The van der Waals surface area contributed by atoms with Crippen LogP contribution < -0.4 is 10.6 Å². The number of likely N-dealkylation sites (tertiary alicyclic amines) is 2. The molecule has 1 aromatic rings. The number of nitrogens with zero attached hydrogens (tertiary/aromatic N) is 4. The largest absolute Gasteiger partial charge is 0.444 e. The van der Waals surface area contributed by atoms with Gasteiger partial charge in [0.25, 0.3) is 0 Å². The lowest BCUT2D eigenvalue weighted by Crippen LogP contribution is -2.47. The Kier molecular flexibility index (Phi) is 9.84. The number of halogens is 1. The zero-order chi connectivity index (χ0) is 22.5. The Morgan fingerprint density at radius 1 is 1.12 bits per heavy atom. The minimum atomic E-state index is 0. The summed E-state index contributed by atoms with van der Waals surface area (Å²) in [6.07, 6.45) is 7.89. The lowest BCUT2D eigenvalue weighted by molar-refractivity contribution is -0.134. The van der Waals surface area contributed by atoms with Gasteiger partial charge in [0.05, 0.1) is 12.2 Å². The molecule has 9 heteroatoms. The number of aryl methyl sites for hydroxylation is 2. The second-order valence-corrected chi connectivity index (χ2v) is 9.82. The van der Waals surface area contributed by atoms with Crippen LogP contribution in [0.3, 0.4) is 0 Å². The average Bonchev–Trinajstić information content (AvgIpc) is 3.54. The highest BCUT2D eigenvalue weighted by atomic mass is 127. The molecule has 1 unspecified atom stereocenters. The normalized spacial score (nSPS) is 23.1. The average molecular weight is 573 g/mol. The van der Waals surface area contributed by atoms with Gasteiger partial charge in [-0.05, 0) is 65.0 Å². The number of nitrogens with one attached hydrogen (secondary N) is 2. The molecule has 0 spiro atoms. The van der Waals surface area contributed by atoms with Crippen LogP contribution >= 0.6 is 24.0 Å². The number of rotatable bonds is 6. The molecule has 1 amide bonds. The summed E-state index contributed by atoms with van der Waals surface area (Å²) in [6.45, 7) is 9.51. The van der Waals surface area contributed by atoms with Crippen molar-refractivity contribution >= 4 is 35.8 Å². The minimum Gasteiger partial charge on any atom is -0.444 e. The van der Waals surface area contributed by atoms with Crippen molar-refractivity contribution in [2.75, 3.05) is 39.8 Å². The molecule has 0 bridgehead atoms. The highest BCUT2D eigenvalue weighted by Crippen LogP contribution is 2.28. The molecule has 3 aliphatic rings. The molecule has 1 aromatic heterocycles. The SMILES string of the molecule is CN=C(NCC1CCN(Cc2nc(C)c(C)o2)CC1)NC1CCN(C(=O)C2CCCC2)C1.I. The van der Waals surface area contributed by atoms with Crippen molar-refractivity contribution in [3.63, 3.8) is 0 Å². The van der Waals surface area contributed by atoms with Crippen LogP contribution in [0, 0.1) is 25.7 Å². The topological polar surface area (TPSA) is 86.0 Å². The molecule has 0 aromatic carbocycles. The molecule has 33 heavy (non-hydrogen) atoms. The van der Waals surface area contributed by atoms with Crippen LogP contribution in [0.25, 0.3) is 0 Å². The molecule has 8 nitrogen and oxygen atoms in total. The summed E-state index contributed by atoms with van der Waals surface area (Å²) < 4.78 is 5.74. The third-order valence-corrected chi connectivity index (χ3v) is 7.47. The van der Waals surface area contributed by atoms with Crippen LogP contribution in [-0.2, 0) is 11.3 Å². The first kappa shape index (κ1) is 26.2. The molecule has 0 radical (unpaired) electrons. The lowest BCUT2D eigenvalue weighted by atomic mass is 9.97. The second-order valence-electron chi connectivity index (χ2n) is 9.82. The first-order chi connectivity index (χ1) is 15.5. The van der Waals surface area contributed by atoms with Crippen LogP contribution in [-0.4, -0.2) is 72.5 Å². The van der Waals surface area contributed by atoms with Crippen molar-refractivity contribution in [1.29, 1.82) is 0 Å². The summed E-state index contributed by atoms with van der Waals surface area (Å²) >= 11 is 0. The number of amides is 1. The molecule has 2 aliphatic heterocycles. The Balaban J connectivity index is 0.00000306. The Morgan fingerprint density at radius 2 is 1.85 bits per heavy atom. The van der Waals surface area contributed by atoms with Gasteiger partial charge in [-0.3, -0.25) is 14.7 Å². The van der Waals surface area contributed by atoms with Crippen molar-refractivity contribution in [2.24, 2.45) is 16.8 Å². The van der Waals surface area contributed by atoms with E-state index < -0.39 is 0 Å². The van der Waals surface area contributed by atoms with Gasteiger partial charge in [-0.2, -0.15) is 0 Å². The van der Waals surface area contributed by atoms with Crippen molar-refractivity contribution in [3.8, 4) is 0 Å². The number of aliphatic imine (C=N–C) groups is 1. The summed E-state index contributed by atoms with van der Waals surface area (Å²) in [7, 11) is 1.83. The molecular formula is C24H41IN6O2. The van der Waals surface area contributed by atoms with Crippen LogP contribution in [0.4, 0.5) is 0 Å². The van der Waals surface area contributed by atoms with Crippen LogP contribution in [0.15, 0.2) is 9.41 Å². The monoisotopic (exact) mass is 572 g/mol. The molecule has 2 saturated heterocycles. The number of aromatic nitrogens is 1. The van der Waals surface area contributed by atoms with E-state index in [1.807, 2.05) is 20.9 Å². The van der Waals surface area contributed by atoms with Gasteiger partial charge in [0, 0.05) is 38.6 Å². The Morgan fingerprint density at radius 3 is 2.48 bits per heavy atom. The summed E-state index contributed by atoms with van der Waals surface area (Å²) in [4.78, 5) is 26.1. The van der Waals surface area contributed by atoms with Gasteiger partial charge in [-0.1, -0.05) is 12.8 Å².